The smallest absolute Gasteiger partial charge is 0.393 e. The van der Waals surface area contributed by atoms with Gasteiger partial charge in [-0.05, 0) is 0 Å². The Balaban J connectivity index is 3.13. The second kappa shape index (κ2) is 2.49. The first-order chi connectivity index (χ1) is 3.13. The number of esters is 1. The molecule has 4 heteroatoms. The second-order valence-electron chi connectivity index (χ2n) is 0.819. The van der Waals surface area contributed by atoms with Crippen LogP contribution in [-0.4, -0.2) is 5.97 Å². The van der Waals surface area contributed by atoms with Crippen LogP contribution in [0.15, 0.2) is 0 Å². The van der Waals surface area contributed by atoms with Crippen LogP contribution in [0.25, 0.3) is 0 Å². The van der Waals surface area contributed by atoms with Crippen LogP contribution in [-0.2, 0) is 9.53 Å². The summed E-state index contributed by atoms with van der Waals surface area (Å²) in [7, 11) is 0. The van der Waals surface area contributed by atoms with Crippen LogP contribution < -0.4 is 0 Å². The van der Waals surface area contributed by atoms with Gasteiger partial charge in [-0.1, -0.05) is 0 Å². The number of carbonyl (C=O) groups is 1. The Labute approximate surface area is 39.1 Å². The minimum atomic E-state index is -2.31. The zero-order valence-corrected chi connectivity index (χ0v) is 3.57. The van der Waals surface area contributed by atoms with E-state index in [0.29, 0.717) is 0 Å². The van der Waals surface area contributed by atoms with E-state index in [1.807, 2.05) is 0 Å². The first-order valence-electron chi connectivity index (χ1n) is 1.49. The van der Waals surface area contributed by atoms with Gasteiger partial charge in [0.2, 0.25) is 0 Å². The molecular weight excluding hydrogens is 106 g/mol. The molecule has 0 unspecified atom stereocenters. The fourth-order valence-corrected chi connectivity index (χ4v) is 0.109. The Bertz CT molecular complexity index is 71.3. The number of ether oxygens (including phenoxy) is 1. The molecule has 7 heavy (non-hydrogen) atoms. The van der Waals surface area contributed by atoms with Crippen molar-refractivity contribution in [3.05, 3.63) is 6.61 Å². The van der Waals surface area contributed by atoms with Crippen molar-refractivity contribution in [2.75, 3.05) is 0 Å². The van der Waals surface area contributed by atoms with Crippen molar-refractivity contribution in [1.29, 1.82) is 0 Å². The third kappa shape index (κ3) is 5.33. The highest BCUT2D eigenvalue weighted by atomic mass is 19.3. The molecule has 0 aliphatic heterocycles. The van der Waals surface area contributed by atoms with E-state index in [1.165, 1.54) is 0 Å². The highest BCUT2D eigenvalue weighted by Crippen LogP contribution is 2.03. The fourth-order valence-electron chi connectivity index (χ4n) is 0.109. The van der Waals surface area contributed by atoms with Crippen molar-refractivity contribution in [3.8, 4) is 0 Å². The SMILES string of the molecule is CC(=O)O[C](F)F. The third-order valence-corrected chi connectivity index (χ3v) is 0.221. The van der Waals surface area contributed by atoms with Crippen molar-refractivity contribution in [3.63, 3.8) is 0 Å². The Morgan fingerprint density at radius 3 is 2.00 bits per heavy atom. The molecule has 0 rings (SSSR count). The molecular formula is C3H3F2O2. The molecule has 0 atom stereocenters. The molecule has 0 aromatic heterocycles. The third-order valence-electron chi connectivity index (χ3n) is 0.221. The van der Waals surface area contributed by atoms with Crippen LogP contribution in [0.2, 0.25) is 0 Å². The van der Waals surface area contributed by atoms with Crippen LogP contribution in [0.3, 0.4) is 0 Å². The number of hydrogen-bond acceptors (Lipinski definition) is 2. The molecule has 0 spiro atoms. The summed E-state index contributed by atoms with van der Waals surface area (Å²) >= 11 is 0. The monoisotopic (exact) mass is 109 g/mol. The predicted molar refractivity (Wildman–Crippen MR) is 17.2 cm³/mol. The molecule has 2 nitrogen and oxygen atoms in total. The van der Waals surface area contributed by atoms with Gasteiger partial charge in [-0.25, -0.2) is 0 Å². The van der Waals surface area contributed by atoms with E-state index in [4.69, 9.17) is 0 Å². The lowest BCUT2D eigenvalue weighted by molar-refractivity contribution is -0.150. The van der Waals surface area contributed by atoms with Gasteiger partial charge in [-0.3, -0.25) is 4.79 Å². The van der Waals surface area contributed by atoms with E-state index in [-0.39, 0.29) is 0 Å². The van der Waals surface area contributed by atoms with Gasteiger partial charge in [0.15, 0.2) is 0 Å². The van der Waals surface area contributed by atoms with E-state index >= 15 is 0 Å². The van der Waals surface area contributed by atoms with Crippen LogP contribution in [0.5, 0.6) is 0 Å². The number of halogens is 2. The Kier molecular flexibility index (Phi) is 2.26. The average molecular weight is 109 g/mol. The lowest BCUT2D eigenvalue weighted by Crippen LogP contribution is -1.96. The van der Waals surface area contributed by atoms with Gasteiger partial charge >= 0.3 is 12.6 Å². The van der Waals surface area contributed by atoms with Crippen molar-refractivity contribution >= 4 is 5.97 Å². The Morgan fingerprint density at radius 2 is 2.00 bits per heavy atom. The summed E-state index contributed by atoms with van der Waals surface area (Å²) in [4.78, 5) is 9.53. The summed E-state index contributed by atoms with van der Waals surface area (Å²) in [5.41, 5.74) is 0. The van der Waals surface area contributed by atoms with Gasteiger partial charge in [0.05, 0.1) is 0 Å². The van der Waals surface area contributed by atoms with Gasteiger partial charge in [-0.15, -0.1) is 0 Å². The molecule has 0 amide bonds. The van der Waals surface area contributed by atoms with E-state index in [9.17, 15) is 13.6 Å². The summed E-state index contributed by atoms with van der Waals surface area (Å²) in [6, 6.07) is 0. The predicted octanol–water partition coefficient (Wildman–Crippen LogP) is 0.935. The summed E-state index contributed by atoms with van der Waals surface area (Å²) in [5, 5.41) is 0. The van der Waals surface area contributed by atoms with Crippen LogP contribution in [0.1, 0.15) is 6.92 Å². The summed E-state index contributed by atoms with van der Waals surface area (Å²) in [6.45, 7) is -1.41. The van der Waals surface area contributed by atoms with E-state index in [0.717, 1.165) is 6.92 Å². The van der Waals surface area contributed by atoms with Crippen molar-refractivity contribution in [2.24, 2.45) is 0 Å². The highest BCUT2D eigenvalue weighted by molar-refractivity contribution is 5.66. The maximum absolute atomic E-state index is 10.8. The zero-order chi connectivity index (χ0) is 5.86. The molecule has 0 saturated carbocycles. The maximum Gasteiger partial charge on any atom is 0.509 e. The largest absolute Gasteiger partial charge is 0.509 e. The van der Waals surface area contributed by atoms with E-state index in [1.54, 1.807) is 0 Å². The maximum atomic E-state index is 10.8. The molecule has 0 saturated heterocycles. The zero-order valence-electron chi connectivity index (χ0n) is 3.57. The topological polar surface area (TPSA) is 26.3 Å². The molecule has 41 valence electrons. The lowest BCUT2D eigenvalue weighted by Gasteiger charge is -1.90. The lowest BCUT2D eigenvalue weighted by atomic mass is 10.8. The molecule has 0 bridgehead atoms. The van der Waals surface area contributed by atoms with E-state index in [2.05, 4.69) is 4.74 Å². The van der Waals surface area contributed by atoms with Crippen molar-refractivity contribution in [1.82, 2.24) is 0 Å². The molecule has 0 N–H and O–H groups in total. The van der Waals surface area contributed by atoms with Crippen LogP contribution in [0, 0.1) is 6.61 Å². The van der Waals surface area contributed by atoms with Crippen LogP contribution in [0.4, 0.5) is 8.78 Å². The first-order valence-corrected chi connectivity index (χ1v) is 1.49. The molecule has 0 heterocycles. The second-order valence-corrected chi connectivity index (χ2v) is 0.819. The molecule has 0 aliphatic carbocycles. The number of hydrogen-bond donors (Lipinski definition) is 0. The van der Waals surface area contributed by atoms with Gasteiger partial charge in [0, 0.05) is 6.92 Å². The minimum absolute atomic E-state index is 0.902. The molecule has 0 fully saturated rings. The Morgan fingerprint density at radius 1 is 1.57 bits per heavy atom. The summed E-state index contributed by atoms with van der Waals surface area (Å²) in [5.74, 6) is -1.000. The standard InChI is InChI=1S/C3H3F2O2/c1-2(6)7-3(4)5/h1H3. The molecule has 0 aliphatic rings. The highest BCUT2D eigenvalue weighted by Gasteiger charge is 2.07. The molecule has 1 radical (unpaired) electrons. The Hall–Kier alpha value is -0.670. The minimum Gasteiger partial charge on any atom is -0.393 e. The summed E-state index contributed by atoms with van der Waals surface area (Å²) in [6.07, 6.45) is 0. The average Bonchev–Trinajstić information content (AvgIpc) is 1.27. The van der Waals surface area contributed by atoms with Gasteiger partial charge in [-0.2, -0.15) is 8.78 Å². The van der Waals surface area contributed by atoms with Crippen molar-refractivity contribution < 1.29 is 18.3 Å². The fraction of sp³-hybridized carbons (Fsp3) is 0.333. The first kappa shape index (κ1) is 6.33. The van der Waals surface area contributed by atoms with Gasteiger partial charge in [0.25, 0.3) is 0 Å². The number of rotatable bonds is 1. The number of carbonyl (C=O) groups excluding carboxylic acids is 1. The van der Waals surface area contributed by atoms with E-state index < -0.39 is 12.6 Å². The normalized spacial score (nSPS) is 9.14. The summed E-state index contributed by atoms with van der Waals surface area (Å²) < 4.78 is 24.7. The van der Waals surface area contributed by atoms with Gasteiger partial charge in [0.1, 0.15) is 0 Å². The van der Waals surface area contributed by atoms with Crippen LogP contribution >= 0.6 is 0 Å². The van der Waals surface area contributed by atoms with Crippen molar-refractivity contribution in [2.45, 2.75) is 6.92 Å². The quantitative estimate of drug-likeness (QED) is 0.468. The van der Waals surface area contributed by atoms with Gasteiger partial charge < -0.3 is 4.74 Å². The molecule has 0 aromatic rings. The molecule has 0 aromatic carbocycles.